The van der Waals surface area contributed by atoms with Gasteiger partial charge < -0.3 is 5.32 Å². The zero-order valence-electron chi connectivity index (χ0n) is 13.8. The summed E-state index contributed by atoms with van der Waals surface area (Å²) >= 11 is 5.82. The molecule has 0 fully saturated rings. The fraction of sp³-hybridized carbons (Fsp3) is 0.222. The minimum Gasteiger partial charge on any atom is -0.310 e. The van der Waals surface area contributed by atoms with Crippen LogP contribution in [0.1, 0.15) is 34.7 Å². The molecule has 1 aliphatic rings. The predicted octanol–water partition coefficient (Wildman–Crippen LogP) is 3.41. The molecule has 0 bridgehead atoms. The molecule has 0 saturated carbocycles. The van der Waals surface area contributed by atoms with Crippen molar-refractivity contribution >= 4 is 23.3 Å². The van der Waals surface area contributed by atoms with Crippen LogP contribution < -0.4 is 5.32 Å². The van der Waals surface area contributed by atoms with Crippen LogP contribution >= 0.6 is 11.6 Å². The van der Waals surface area contributed by atoms with Gasteiger partial charge in [-0.25, -0.2) is 0 Å². The number of hydrogen-bond acceptors (Lipinski definition) is 4. The maximum atomic E-state index is 12.4. The monoisotopic (exact) mass is 353 g/mol. The van der Waals surface area contributed by atoms with Crippen LogP contribution in [-0.2, 0) is 4.79 Å². The van der Waals surface area contributed by atoms with Crippen molar-refractivity contribution in [3.05, 3.63) is 63.9 Å². The van der Waals surface area contributed by atoms with Crippen LogP contribution in [-0.4, -0.2) is 25.9 Å². The van der Waals surface area contributed by atoms with Gasteiger partial charge in [-0.3, -0.25) is 4.79 Å². The molecular formula is C18H16ClN5O. The lowest BCUT2D eigenvalue weighted by Gasteiger charge is -2.25. The quantitative estimate of drug-likeness (QED) is 0.766. The molecule has 0 spiro atoms. The van der Waals surface area contributed by atoms with Gasteiger partial charge in [0.1, 0.15) is 5.82 Å². The van der Waals surface area contributed by atoms with Gasteiger partial charge in [0.2, 0.25) is 5.91 Å². The Morgan fingerprint density at radius 1 is 1.16 bits per heavy atom. The Morgan fingerprint density at radius 2 is 1.96 bits per heavy atom. The maximum absolute atomic E-state index is 12.4. The number of nitrogens with one attached hydrogen (secondary N) is 1. The maximum Gasteiger partial charge on any atom is 0.226 e. The van der Waals surface area contributed by atoms with E-state index in [1.807, 2.05) is 19.1 Å². The van der Waals surface area contributed by atoms with Crippen molar-refractivity contribution in [1.29, 1.82) is 0 Å². The van der Waals surface area contributed by atoms with Crippen molar-refractivity contribution in [3.8, 4) is 5.82 Å². The second kappa shape index (κ2) is 5.97. The smallest absolute Gasteiger partial charge is 0.226 e. The molecule has 7 heteroatoms. The molecule has 3 heterocycles. The topological polar surface area (TPSA) is 72.7 Å². The van der Waals surface area contributed by atoms with E-state index >= 15 is 0 Å². The Morgan fingerprint density at radius 3 is 2.68 bits per heavy atom. The number of aromatic nitrogens is 4. The summed E-state index contributed by atoms with van der Waals surface area (Å²) in [5.41, 5.74) is 4.18. The number of carbonyl (C=O) groups is 1. The minimum absolute atomic E-state index is 0.0287. The van der Waals surface area contributed by atoms with E-state index in [0.717, 1.165) is 22.4 Å². The lowest BCUT2D eigenvalue weighted by molar-refractivity contribution is -0.116. The molecule has 2 aromatic heterocycles. The van der Waals surface area contributed by atoms with Gasteiger partial charge in [0, 0.05) is 17.9 Å². The molecule has 1 amide bonds. The largest absolute Gasteiger partial charge is 0.310 e. The Bertz CT molecular complexity index is 964. The molecule has 3 aromatic rings. The first kappa shape index (κ1) is 15.8. The summed E-state index contributed by atoms with van der Waals surface area (Å²) in [5.74, 6) is 1.10. The van der Waals surface area contributed by atoms with E-state index in [4.69, 9.17) is 11.6 Å². The van der Waals surface area contributed by atoms with Crippen molar-refractivity contribution < 1.29 is 4.79 Å². The zero-order valence-corrected chi connectivity index (χ0v) is 14.6. The van der Waals surface area contributed by atoms with E-state index in [9.17, 15) is 4.79 Å². The summed E-state index contributed by atoms with van der Waals surface area (Å²) in [6.07, 6.45) is 0.399. The van der Waals surface area contributed by atoms with Crippen LogP contribution in [0.25, 0.3) is 5.82 Å². The van der Waals surface area contributed by atoms with Crippen molar-refractivity contribution in [2.75, 3.05) is 5.32 Å². The van der Waals surface area contributed by atoms with Gasteiger partial charge in [-0.2, -0.15) is 9.78 Å². The molecule has 0 aliphatic carbocycles. The summed E-state index contributed by atoms with van der Waals surface area (Å²) in [4.78, 5) is 12.4. The number of carbonyl (C=O) groups excluding carboxylic acids is 1. The van der Waals surface area contributed by atoms with Crippen LogP contribution in [0.4, 0.5) is 5.82 Å². The summed E-state index contributed by atoms with van der Waals surface area (Å²) in [6, 6.07) is 11.5. The molecule has 126 valence electrons. The second-order valence-electron chi connectivity index (χ2n) is 6.14. The highest BCUT2D eigenvalue weighted by atomic mass is 35.5. The van der Waals surface area contributed by atoms with Crippen LogP contribution in [0.2, 0.25) is 5.15 Å². The Kier molecular flexibility index (Phi) is 3.77. The number of amides is 1. The number of anilines is 1. The summed E-state index contributed by atoms with van der Waals surface area (Å²) < 4.78 is 1.62. The predicted molar refractivity (Wildman–Crippen MR) is 95.2 cm³/mol. The third-order valence-corrected chi connectivity index (χ3v) is 4.70. The molecule has 1 aliphatic heterocycles. The summed E-state index contributed by atoms with van der Waals surface area (Å²) in [7, 11) is 0. The van der Waals surface area contributed by atoms with Crippen molar-refractivity contribution in [2.24, 2.45) is 0 Å². The standard InChI is InChI=1S/C18H16ClN5O/c1-10-5-3-4-6-12(10)13-9-16(25)20-18-17(13)11(2)23-24(18)15-8-7-14(19)21-22-15/h3-8,13H,9H2,1-2H3,(H,20,25)/t13-/m1/s1. The summed E-state index contributed by atoms with van der Waals surface area (Å²) in [5, 5.41) is 15.8. The molecule has 25 heavy (non-hydrogen) atoms. The molecule has 4 rings (SSSR count). The fourth-order valence-electron chi connectivity index (χ4n) is 3.38. The molecule has 1 aromatic carbocycles. The number of benzene rings is 1. The van der Waals surface area contributed by atoms with Gasteiger partial charge in [-0.15, -0.1) is 10.2 Å². The Labute approximate surface area is 149 Å². The van der Waals surface area contributed by atoms with Crippen LogP contribution in [0.5, 0.6) is 0 Å². The number of halogens is 1. The number of fused-ring (bicyclic) bond motifs is 1. The average molecular weight is 354 g/mol. The van der Waals surface area contributed by atoms with E-state index < -0.39 is 0 Å². The van der Waals surface area contributed by atoms with Gasteiger partial charge in [0.15, 0.2) is 11.0 Å². The summed E-state index contributed by atoms with van der Waals surface area (Å²) in [6.45, 7) is 4.01. The fourth-order valence-corrected chi connectivity index (χ4v) is 3.48. The molecule has 0 unspecified atom stereocenters. The number of nitrogens with zero attached hydrogens (tertiary/aromatic N) is 4. The van der Waals surface area contributed by atoms with Crippen LogP contribution in [0.15, 0.2) is 36.4 Å². The Hall–Kier alpha value is -2.73. The number of hydrogen-bond donors (Lipinski definition) is 1. The normalized spacial score (nSPS) is 16.4. The van der Waals surface area contributed by atoms with E-state index in [1.165, 1.54) is 0 Å². The molecule has 0 radical (unpaired) electrons. The Balaban J connectivity index is 1.89. The van der Waals surface area contributed by atoms with Crippen molar-refractivity contribution in [1.82, 2.24) is 20.0 Å². The second-order valence-corrected chi connectivity index (χ2v) is 6.52. The van der Waals surface area contributed by atoms with E-state index in [1.54, 1.807) is 16.8 Å². The van der Waals surface area contributed by atoms with E-state index in [0.29, 0.717) is 23.2 Å². The average Bonchev–Trinajstić information content (AvgIpc) is 2.92. The minimum atomic E-state index is -0.0381. The van der Waals surface area contributed by atoms with Crippen LogP contribution in [0.3, 0.4) is 0 Å². The first-order valence-corrected chi connectivity index (χ1v) is 8.37. The molecular weight excluding hydrogens is 338 g/mol. The molecule has 0 saturated heterocycles. The SMILES string of the molecule is Cc1ccccc1[C@H]1CC(=O)Nc2c1c(C)nn2-c1ccc(Cl)nn1. The third kappa shape index (κ3) is 2.68. The number of aryl methyl sites for hydroxylation is 2. The van der Waals surface area contributed by atoms with Gasteiger partial charge in [0.05, 0.1) is 5.69 Å². The highest BCUT2D eigenvalue weighted by Crippen LogP contribution is 2.40. The lowest BCUT2D eigenvalue weighted by Crippen LogP contribution is -2.25. The number of rotatable bonds is 2. The van der Waals surface area contributed by atoms with E-state index in [2.05, 4.69) is 39.7 Å². The lowest BCUT2D eigenvalue weighted by atomic mass is 9.84. The van der Waals surface area contributed by atoms with Crippen molar-refractivity contribution in [3.63, 3.8) is 0 Å². The molecule has 6 nitrogen and oxygen atoms in total. The zero-order chi connectivity index (χ0) is 17.6. The first-order valence-electron chi connectivity index (χ1n) is 7.99. The molecule has 1 N–H and O–H groups in total. The first-order chi connectivity index (χ1) is 12.0. The van der Waals surface area contributed by atoms with Gasteiger partial charge in [0.25, 0.3) is 0 Å². The van der Waals surface area contributed by atoms with Crippen LogP contribution in [0, 0.1) is 13.8 Å². The van der Waals surface area contributed by atoms with Gasteiger partial charge in [-0.05, 0) is 37.1 Å². The third-order valence-electron chi connectivity index (χ3n) is 4.50. The van der Waals surface area contributed by atoms with Gasteiger partial charge in [-0.1, -0.05) is 35.9 Å². The van der Waals surface area contributed by atoms with Gasteiger partial charge >= 0.3 is 0 Å². The molecule has 1 atom stereocenters. The van der Waals surface area contributed by atoms with Crippen molar-refractivity contribution in [2.45, 2.75) is 26.2 Å². The van der Waals surface area contributed by atoms with E-state index in [-0.39, 0.29) is 11.8 Å². The highest BCUT2D eigenvalue weighted by Gasteiger charge is 2.33. The highest BCUT2D eigenvalue weighted by molar-refractivity contribution is 6.29.